The van der Waals surface area contributed by atoms with Crippen molar-refractivity contribution in [3.05, 3.63) is 35.9 Å². The Balaban J connectivity index is 1.76. The van der Waals surface area contributed by atoms with E-state index in [2.05, 4.69) is 42.6 Å². The summed E-state index contributed by atoms with van der Waals surface area (Å²) in [4.78, 5) is 1.88. The third-order valence-corrected chi connectivity index (χ3v) is 4.54. The SMILES string of the molecule is CCC[C@H](CNC1CCN(CC(F)F)CC1)c1ccccc1. The lowest BCUT2D eigenvalue weighted by Crippen LogP contribution is -2.44. The van der Waals surface area contributed by atoms with E-state index < -0.39 is 6.43 Å². The van der Waals surface area contributed by atoms with Gasteiger partial charge in [-0.05, 0) is 43.8 Å². The van der Waals surface area contributed by atoms with Crippen LogP contribution in [0.5, 0.6) is 0 Å². The number of hydrogen-bond donors (Lipinski definition) is 1. The van der Waals surface area contributed by atoms with Crippen LogP contribution in [0.3, 0.4) is 0 Å². The van der Waals surface area contributed by atoms with E-state index in [-0.39, 0.29) is 6.54 Å². The van der Waals surface area contributed by atoms with Crippen molar-refractivity contribution in [2.24, 2.45) is 0 Å². The summed E-state index contributed by atoms with van der Waals surface area (Å²) in [6.45, 7) is 4.70. The summed E-state index contributed by atoms with van der Waals surface area (Å²) in [5.74, 6) is 0.547. The zero-order valence-corrected chi connectivity index (χ0v) is 13.5. The minimum atomic E-state index is -2.21. The second kappa shape index (κ2) is 9.21. The Bertz CT molecular complexity index is 403. The van der Waals surface area contributed by atoms with Crippen molar-refractivity contribution in [3.8, 4) is 0 Å². The van der Waals surface area contributed by atoms with Gasteiger partial charge < -0.3 is 5.32 Å². The van der Waals surface area contributed by atoms with Crippen molar-refractivity contribution >= 4 is 0 Å². The molecular weight excluding hydrogens is 282 g/mol. The van der Waals surface area contributed by atoms with E-state index in [1.165, 1.54) is 18.4 Å². The third kappa shape index (κ3) is 5.65. The lowest BCUT2D eigenvalue weighted by atomic mass is 9.93. The van der Waals surface area contributed by atoms with Crippen LogP contribution in [0.25, 0.3) is 0 Å². The van der Waals surface area contributed by atoms with Crippen LogP contribution in [-0.4, -0.2) is 43.5 Å². The quantitative estimate of drug-likeness (QED) is 0.783. The first-order valence-electron chi connectivity index (χ1n) is 8.48. The van der Waals surface area contributed by atoms with Crippen LogP contribution in [-0.2, 0) is 0 Å². The maximum atomic E-state index is 12.4. The maximum Gasteiger partial charge on any atom is 0.251 e. The monoisotopic (exact) mass is 310 g/mol. The first-order chi connectivity index (χ1) is 10.7. The van der Waals surface area contributed by atoms with Gasteiger partial charge in [-0.15, -0.1) is 0 Å². The molecule has 1 aromatic carbocycles. The van der Waals surface area contributed by atoms with Gasteiger partial charge >= 0.3 is 0 Å². The number of rotatable bonds is 8. The molecule has 124 valence electrons. The number of nitrogens with zero attached hydrogens (tertiary/aromatic N) is 1. The van der Waals surface area contributed by atoms with E-state index in [0.717, 1.165) is 32.5 Å². The van der Waals surface area contributed by atoms with Gasteiger partial charge in [0.1, 0.15) is 0 Å². The van der Waals surface area contributed by atoms with E-state index in [1.54, 1.807) is 0 Å². The smallest absolute Gasteiger partial charge is 0.251 e. The van der Waals surface area contributed by atoms with Gasteiger partial charge in [0, 0.05) is 12.6 Å². The molecule has 0 radical (unpaired) electrons. The molecule has 0 aliphatic carbocycles. The molecule has 1 aromatic rings. The average Bonchev–Trinajstić information content (AvgIpc) is 2.53. The van der Waals surface area contributed by atoms with Crippen molar-refractivity contribution in [2.45, 2.75) is 51.0 Å². The van der Waals surface area contributed by atoms with Gasteiger partial charge in [0.05, 0.1) is 6.54 Å². The highest BCUT2D eigenvalue weighted by Crippen LogP contribution is 2.21. The van der Waals surface area contributed by atoms with Gasteiger partial charge in [0.15, 0.2) is 0 Å². The molecule has 1 heterocycles. The Morgan fingerprint density at radius 1 is 1.18 bits per heavy atom. The minimum Gasteiger partial charge on any atom is -0.313 e. The van der Waals surface area contributed by atoms with Crippen molar-refractivity contribution in [1.82, 2.24) is 10.2 Å². The van der Waals surface area contributed by atoms with Gasteiger partial charge in [-0.25, -0.2) is 8.78 Å². The molecule has 1 saturated heterocycles. The maximum absolute atomic E-state index is 12.4. The predicted octanol–water partition coefficient (Wildman–Crippen LogP) is 3.89. The van der Waals surface area contributed by atoms with Gasteiger partial charge in [0.25, 0.3) is 6.43 Å². The molecular formula is C18H28F2N2. The second-order valence-electron chi connectivity index (χ2n) is 6.27. The molecule has 2 nitrogen and oxygen atoms in total. The summed E-state index contributed by atoms with van der Waals surface area (Å²) in [5, 5.41) is 3.66. The molecule has 22 heavy (non-hydrogen) atoms. The normalized spacial score (nSPS) is 18.7. The minimum absolute atomic E-state index is 0.0742. The molecule has 0 saturated carbocycles. The fraction of sp³-hybridized carbons (Fsp3) is 0.667. The lowest BCUT2D eigenvalue weighted by molar-refractivity contribution is 0.0729. The fourth-order valence-electron chi connectivity index (χ4n) is 3.28. The zero-order chi connectivity index (χ0) is 15.8. The molecule has 1 aliphatic rings. The molecule has 0 spiro atoms. The van der Waals surface area contributed by atoms with E-state index in [0.29, 0.717) is 12.0 Å². The third-order valence-electron chi connectivity index (χ3n) is 4.54. The van der Waals surface area contributed by atoms with Crippen molar-refractivity contribution in [2.75, 3.05) is 26.2 Å². The van der Waals surface area contributed by atoms with Gasteiger partial charge in [-0.2, -0.15) is 0 Å². The number of halogens is 2. The molecule has 2 rings (SSSR count). The number of alkyl halides is 2. The summed E-state index contributed by atoms with van der Waals surface area (Å²) in [7, 11) is 0. The Labute approximate surface area is 132 Å². The van der Waals surface area contributed by atoms with Gasteiger partial charge in [0.2, 0.25) is 0 Å². The second-order valence-corrected chi connectivity index (χ2v) is 6.27. The molecule has 0 amide bonds. The lowest BCUT2D eigenvalue weighted by Gasteiger charge is -2.33. The summed E-state index contributed by atoms with van der Waals surface area (Å²) in [5.41, 5.74) is 1.40. The van der Waals surface area contributed by atoms with Crippen LogP contribution < -0.4 is 5.32 Å². The topological polar surface area (TPSA) is 15.3 Å². The Morgan fingerprint density at radius 3 is 2.45 bits per heavy atom. The molecule has 1 N–H and O–H groups in total. The average molecular weight is 310 g/mol. The standard InChI is InChI=1S/C18H28F2N2/c1-2-6-16(15-7-4-3-5-8-15)13-21-17-9-11-22(12-10-17)14-18(19)20/h3-5,7-8,16-18,21H,2,6,9-14H2,1H3/t16-/m1/s1. The van der Waals surface area contributed by atoms with Crippen molar-refractivity contribution in [1.29, 1.82) is 0 Å². The van der Waals surface area contributed by atoms with E-state index in [9.17, 15) is 8.78 Å². The highest BCUT2D eigenvalue weighted by molar-refractivity contribution is 5.19. The molecule has 0 aromatic heterocycles. The number of likely N-dealkylation sites (tertiary alicyclic amines) is 1. The number of nitrogens with one attached hydrogen (secondary N) is 1. The van der Waals surface area contributed by atoms with Gasteiger partial charge in [-0.3, -0.25) is 4.90 Å². The summed E-state index contributed by atoms with van der Waals surface area (Å²) in [6.07, 6.45) is 2.09. The molecule has 0 bridgehead atoms. The molecule has 4 heteroatoms. The van der Waals surface area contributed by atoms with Crippen LogP contribution in [0.1, 0.15) is 44.1 Å². The van der Waals surface area contributed by atoms with Crippen molar-refractivity contribution < 1.29 is 8.78 Å². The van der Waals surface area contributed by atoms with Crippen LogP contribution in [0, 0.1) is 0 Å². The summed E-state index contributed by atoms with van der Waals surface area (Å²) in [6, 6.07) is 11.1. The first kappa shape index (κ1) is 17.4. The van der Waals surface area contributed by atoms with Crippen LogP contribution in [0.15, 0.2) is 30.3 Å². The zero-order valence-electron chi connectivity index (χ0n) is 13.5. The largest absolute Gasteiger partial charge is 0.313 e. The number of benzene rings is 1. The number of hydrogen-bond acceptors (Lipinski definition) is 2. The van der Waals surface area contributed by atoms with Crippen LogP contribution in [0.2, 0.25) is 0 Å². The van der Waals surface area contributed by atoms with Crippen molar-refractivity contribution in [3.63, 3.8) is 0 Å². The van der Waals surface area contributed by atoms with E-state index >= 15 is 0 Å². The van der Waals surface area contributed by atoms with E-state index in [4.69, 9.17) is 0 Å². The molecule has 1 fully saturated rings. The number of piperidine rings is 1. The Hall–Kier alpha value is -1.00. The molecule has 1 atom stereocenters. The summed E-state index contributed by atoms with van der Waals surface area (Å²) >= 11 is 0. The molecule has 0 unspecified atom stereocenters. The van der Waals surface area contributed by atoms with E-state index in [1.807, 2.05) is 4.90 Å². The van der Waals surface area contributed by atoms with Gasteiger partial charge in [-0.1, -0.05) is 43.7 Å². The predicted molar refractivity (Wildman–Crippen MR) is 87.6 cm³/mol. The first-order valence-corrected chi connectivity index (χ1v) is 8.48. The Morgan fingerprint density at radius 2 is 1.86 bits per heavy atom. The Kier molecular flexibility index (Phi) is 7.26. The van der Waals surface area contributed by atoms with Crippen LogP contribution >= 0.6 is 0 Å². The fourth-order valence-corrected chi connectivity index (χ4v) is 3.28. The molecule has 1 aliphatic heterocycles. The highest BCUT2D eigenvalue weighted by Gasteiger charge is 2.22. The highest BCUT2D eigenvalue weighted by atomic mass is 19.3. The van der Waals surface area contributed by atoms with Crippen LogP contribution in [0.4, 0.5) is 8.78 Å². The summed E-state index contributed by atoms with van der Waals surface area (Å²) < 4.78 is 24.8.